The molecule has 0 amide bonds. The number of hydrogen-bond acceptors (Lipinski definition) is 7. The lowest BCUT2D eigenvalue weighted by Gasteiger charge is -2.30. The van der Waals surface area contributed by atoms with Crippen LogP contribution in [0.1, 0.15) is 49.1 Å². The summed E-state index contributed by atoms with van der Waals surface area (Å²) >= 11 is 0. The highest BCUT2D eigenvalue weighted by molar-refractivity contribution is 5.68. The number of ether oxygens (including phenoxy) is 3. The normalized spacial score (nSPS) is 27.3. The van der Waals surface area contributed by atoms with E-state index in [1.54, 1.807) is 0 Å². The van der Waals surface area contributed by atoms with E-state index in [1.165, 1.54) is 10.9 Å². The number of H-pyrrole nitrogens is 1. The first kappa shape index (κ1) is 18.5. The molecule has 2 aromatic heterocycles. The molecule has 1 aliphatic heterocycles. The van der Waals surface area contributed by atoms with E-state index in [2.05, 4.69) is 15.0 Å². The summed E-state index contributed by atoms with van der Waals surface area (Å²) in [6, 6.07) is 0. The number of aliphatic hydroxyl groups excluding tert-OH is 1. The van der Waals surface area contributed by atoms with E-state index in [0.29, 0.717) is 0 Å². The van der Waals surface area contributed by atoms with Crippen LogP contribution in [0.3, 0.4) is 0 Å². The number of aliphatic hydroxyl groups is 1. The molecule has 1 saturated heterocycles. The standard InChI is InChI=1S/C18H28N4O5/c1-17(2,3)25-7-10-13(27-18(4,5)6)12(23)16(26-10)22-9-21-11-14(22)19-8-20-15(11)24/h8-10,12-13,16,23H,7H2,1-6H3,(H,19,20,24)/t10?,12?,13-,16?/m1/s1/i9+1D. The predicted octanol–water partition coefficient (Wildman–Crippen LogP) is 1.38. The average molecular weight is 382 g/mol. The van der Waals surface area contributed by atoms with Crippen molar-refractivity contribution in [3.8, 4) is 0 Å². The minimum atomic E-state index is -1.10. The van der Waals surface area contributed by atoms with E-state index in [0.717, 1.165) is 0 Å². The molecule has 9 nitrogen and oxygen atoms in total. The lowest BCUT2D eigenvalue weighted by atomic mass is 10.1. The third-order valence-electron chi connectivity index (χ3n) is 4.04. The molecule has 4 atom stereocenters. The first-order valence-corrected chi connectivity index (χ1v) is 8.95. The molecule has 27 heavy (non-hydrogen) atoms. The average Bonchev–Trinajstić information content (AvgIpc) is 3.02. The largest absolute Gasteiger partial charge is 0.386 e. The lowest BCUT2D eigenvalue weighted by molar-refractivity contribution is -0.138. The van der Waals surface area contributed by atoms with E-state index < -0.39 is 41.3 Å². The summed E-state index contributed by atoms with van der Waals surface area (Å²) in [5, 5.41) is 11.0. The number of nitrogens with one attached hydrogen (secondary N) is 1. The first-order valence-electron chi connectivity index (χ1n) is 9.45. The van der Waals surface area contributed by atoms with Crippen LogP contribution in [-0.2, 0) is 14.2 Å². The fraction of sp³-hybridized carbons (Fsp3) is 0.722. The summed E-state index contributed by atoms with van der Waals surface area (Å²) in [7, 11) is 0. The zero-order valence-electron chi connectivity index (χ0n) is 17.5. The van der Waals surface area contributed by atoms with E-state index in [4.69, 9.17) is 15.6 Å². The molecule has 9 heteroatoms. The minimum absolute atomic E-state index is 0.0194. The van der Waals surface area contributed by atoms with Crippen LogP contribution in [-0.4, -0.2) is 60.7 Å². The van der Waals surface area contributed by atoms with Gasteiger partial charge >= 0.3 is 0 Å². The molecule has 0 saturated carbocycles. The molecule has 2 N–H and O–H groups in total. The SMILES string of the molecule is [2H][13c]1nc2c(=O)[nH]cnc2n1C1OC(COC(C)(C)C)[C@@H](OC(C)(C)C)C1O. The van der Waals surface area contributed by atoms with Crippen molar-refractivity contribution in [2.75, 3.05) is 6.61 Å². The highest BCUT2D eigenvalue weighted by Crippen LogP contribution is 2.35. The molecular weight excluding hydrogens is 353 g/mol. The topological polar surface area (TPSA) is 111 Å². The number of rotatable bonds is 4. The van der Waals surface area contributed by atoms with Gasteiger partial charge in [0, 0.05) is 0 Å². The highest BCUT2D eigenvalue weighted by atomic mass is 16.6. The molecule has 0 aliphatic carbocycles. The summed E-state index contributed by atoms with van der Waals surface area (Å²) in [5.41, 5.74) is -1.19. The third kappa shape index (κ3) is 4.37. The third-order valence-corrected chi connectivity index (χ3v) is 4.04. The second-order valence-electron chi connectivity index (χ2n) is 8.66. The zero-order valence-corrected chi connectivity index (χ0v) is 16.5. The van der Waals surface area contributed by atoms with Gasteiger partial charge in [-0.1, -0.05) is 0 Å². The minimum Gasteiger partial charge on any atom is -0.386 e. The van der Waals surface area contributed by atoms with Crippen molar-refractivity contribution < 1.29 is 20.7 Å². The fourth-order valence-corrected chi connectivity index (χ4v) is 2.94. The van der Waals surface area contributed by atoms with Crippen LogP contribution in [0.2, 0.25) is 0 Å². The Hall–Kier alpha value is -1.81. The smallest absolute Gasteiger partial charge is 0.278 e. The summed E-state index contributed by atoms with van der Waals surface area (Å²) in [5.74, 6) is 0. The number of aromatic amines is 1. The first-order chi connectivity index (χ1) is 12.9. The number of fused-ring (bicyclic) bond motifs is 1. The second-order valence-corrected chi connectivity index (χ2v) is 8.66. The zero-order chi connectivity index (χ0) is 20.9. The van der Waals surface area contributed by atoms with Gasteiger partial charge in [-0.25, -0.2) is 9.97 Å². The summed E-state index contributed by atoms with van der Waals surface area (Å²) in [6.07, 6.45) is -2.34. The molecule has 1 aliphatic rings. The van der Waals surface area contributed by atoms with Crippen LogP contribution < -0.4 is 5.56 Å². The summed E-state index contributed by atoms with van der Waals surface area (Å²) in [4.78, 5) is 22.5. The van der Waals surface area contributed by atoms with Crippen molar-refractivity contribution in [1.82, 2.24) is 19.5 Å². The van der Waals surface area contributed by atoms with Crippen LogP contribution in [0, 0.1) is 0 Å². The number of hydrogen-bond donors (Lipinski definition) is 2. The van der Waals surface area contributed by atoms with Crippen LogP contribution in [0.25, 0.3) is 11.2 Å². The Morgan fingerprint density at radius 2 is 2.00 bits per heavy atom. The van der Waals surface area contributed by atoms with Gasteiger partial charge in [0.25, 0.3) is 5.56 Å². The number of imidazole rings is 1. The van der Waals surface area contributed by atoms with Crippen molar-refractivity contribution in [1.29, 1.82) is 0 Å². The highest BCUT2D eigenvalue weighted by Gasteiger charge is 2.48. The van der Waals surface area contributed by atoms with Gasteiger partial charge < -0.3 is 24.3 Å². The molecule has 3 heterocycles. The molecule has 3 unspecified atom stereocenters. The van der Waals surface area contributed by atoms with Gasteiger partial charge in [-0.2, -0.15) is 0 Å². The van der Waals surface area contributed by atoms with Crippen LogP contribution >= 0.6 is 0 Å². The number of aromatic nitrogens is 4. The van der Waals surface area contributed by atoms with Gasteiger partial charge in [-0.15, -0.1) is 0 Å². The molecule has 3 rings (SSSR count). The lowest BCUT2D eigenvalue weighted by Crippen LogP contribution is -2.42. The van der Waals surface area contributed by atoms with Crippen LogP contribution in [0.4, 0.5) is 0 Å². The van der Waals surface area contributed by atoms with Gasteiger partial charge in [-0.3, -0.25) is 9.36 Å². The van der Waals surface area contributed by atoms with Crippen molar-refractivity contribution >= 4 is 11.2 Å². The van der Waals surface area contributed by atoms with Gasteiger partial charge in [0.1, 0.15) is 19.7 Å². The maximum absolute atomic E-state index is 12.0. The Balaban J connectivity index is 1.97. The fourth-order valence-electron chi connectivity index (χ4n) is 2.94. The Labute approximate surface area is 159 Å². The molecule has 0 spiro atoms. The maximum Gasteiger partial charge on any atom is 0.278 e. The van der Waals surface area contributed by atoms with Crippen LogP contribution in [0.15, 0.2) is 17.4 Å². The van der Waals surface area contributed by atoms with Crippen molar-refractivity contribution in [2.24, 2.45) is 0 Å². The van der Waals surface area contributed by atoms with Gasteiger partial charge in [0.2, 0.25) is 0 Å². The quantitative estimate of drug-likeness (QED) is 0.821. The Morgan fingerprint density at radius 3 is 2.63 bits per heavy atom. The van der Waals surface area contributed by atoms with Crippen molar-refractivity contribution in [3.05, 3.63) is 23.0 Å². The second kappa shape index (κ2) is 6.97. The van der Waals surface area contributed by atoms with E-state index in [9.17, 15) is 9.90 Å². The van der Waals surface area contributed by atoms with Gasteiger partial charge in [0.05, 0.1) is 30.4 Å². The van der Waals surface area contributed by atoms with Gasteiger partial charge in [0.15, 0.2) is 17.4 Å². The van der Waals surface area contributed by atoms with E-state index >= 15 is 0 Å². The predicted molar refractivity (Wildman–Crippen MR) is 98.4 cm³/mol. The van der Waals surface area contributed by atoms with Crippen molar-refractivity contribution in [2.45, 2.75) is 77.3 Å². The molecule has 0 radical (unpaired) electrons. The molecule has 1 fully saturated rings. The molecule has 0 bridgehead atoms. The van der Waals surface area contributed by atoms with Crippen molar-refractivity contribution in [3.63, 3.8) is 0 Å². The van der Waals surface area contributed by atoms with E-state index in [1.807, 2.05) is 41.5 Å². The Morgan fingerprint density at radius 1 is 1.30 bits per heavy atom. The summed E-state index contributed by atoms with van der Waals surface area (Å²) in [6.45, 7) is 11.6. The number of nitrogens with zero attached hydrogens (tertiary/aromatic N) is 3. The van der Waals surface area contributed by atoms with E-state index in [-0.39, 0.29) is 24.1 Å². The van der Waals surface area contributed by atoms with Gasteiger partial charge in [-0.05, 0) is 41.5 Å². The van der Waals surface area contributed by atoms with Crippen LogP contribution in [0.5, 0.6) is 0 Å². The molecule has 150 valence electrons. The molecular formula is C18H28N4O5. The molecule has 2 aromatic rings. The molecule has 0 aromatic carbocycles. The monoisotopic (exact) mass is 382 g/mol. The maximum atomic E-state index is 12.0. The Bertz CT molecular complexity index is 898. The summed E-state index contributed by atoms with van der Waals surface area (Å²) < 4.78 is 27.4. The Kier molecular flexibility index (Phi) is 4.79.